The second-order valence-corrected chi connectivity index (χ2v) is 9.92. The Labute approximate surface area is 166 Å². The van der Waals surface area contributed by atoms with Crippen LogP contribution in [0.1, 0.15) is 48.7 Å². The van der Waals surface area contributed by atoms with Gasteiger partial charge < -0.3 is 9.88 Å². The standard InChI is InChI=1S/C21H27N3O3S/c1-15-7-9-17(10-8-15)22-21(25)20-13-18(14-23(20)2)28(26,27)24-12-11-16-5-3-4-6-19(16)24/h3-6,13-15,17H,7-12H2,1-2H3,(H,22,25). The summed E-state index contributed by atoms with van der Waals surface area (Å²) in [6, 6.07) is 9.23. The maximum absolute atomic E-state index is 13.2. The van der Waals surface area contributed by atoms with Crippen LogP contribution < -0.4 is 9.62 Å². The van der Waals surface area contributed by atoms with E-state index >= 15 is 0 Å². The Bertz CT molecular complexity index is 988. The lowest BCUT2D eigenvalue weighted by Gasteiger charge is -2.26. The second-order valence-electron chi connectivity index (χ2n) is 8.06. The molecule has 1 aliphatic heterocycles. The summed E-state index contributed by atoms with van der Waals surface area (Å²) in [7, 11) is -1.98. The number of aryl methyl sites for hydroxylation is 1. The molecule has 2 aromatic rings. The zero-order valence-electron chi connectivity index (χ0n) is 16.4. The van der Waals surface area contributed by atoms with E-state index < -0.39 is 10.0 Å². The largest absolute Gasteiger partial charge is 0.348 e. The first-order valence-electron chi connectivity index (χ1n) is 9.94. The Balaban J connectivity index is 1.55. The molecule has 0 spiro atoms. The molecule has 2 aliphatic rings. The van der Waals surface area contributed by atoms with Gasteiger partial charge in [0.2, 0.25) is 0 Å². The average molecular weight is 402 g/mol. The van der Waals surface area contributed by atoms with Crippen molar-refractivity contribution in [2.75, 3.05) is 10.8 Å². The van der Waals surface area contributed by atoms with Crippen molar-refractivity contribution in [1.82, 2.24) is 9.88 Å². The van der Waals surface area contributed by atoms with Crippen LogP contribution in [0.15, 0.2) is 41.4 Å². The predicted octanol–water partition coefficient (Wildman–Crippen LogP) is 3.09. The molecule has 1 amide bonds. The van der Waals surface area contributed by atoms with E-state index in [0.717, 1.165) is 36.9 Å². The number of rotatable bonds is 4. The van der Waals surface area contributed by atoms with Gasteiger partial charge in [0.1, 0.15) is 10.6 Å². The molecule has 1 saturated carbocycles. The lowest BCUT2D eigenvalue weighted by atomic mass is 9.87. The number of carbonyl (C=O) groups is 1. The van der Waals surface area contributed by atoms with Gasteiger partial charge in [0.05, 0.1) is 5.69 Å². The van der Waals surface area contributed by atoms with Crippen LogP contribution >= 0.6 is 0 Å². The van der Waals surface area contributed by atoms with Crippen molar-refractivity contribution in [3.05, 3.63) is 47.8 Å². The van der Waals surface area contributed by atoms with E-state index in [2.05, 4.69) is 12.2 Å². The van der Waals surface area contributed by atoms with E-state index in [0.29, 0.717) is 24.6 Å². The Morgan fingerprint density at radius 1 is 1.14 bits per heavy atom. The molecule has 1 aromatic heterocycles. The van der Waals surface area contributed by atoms with Crippen LogP contribution in [0.4, 0.5) is 5.69 Å². The second kappa shape index (κ2) is 7.28. The third kappa shape index (κ3) is 3.43. The van der Waals surface area contributed by atoms with E-state index in [9.17, 15) is 13.2 Å². The van der Waals surface area contributed by atoms with Crippen LogP contribution in [-0.4, -0.2) is 31.5 Å². The summed E-state index contributed by atoms with van der Waals surface area (Å²) in [4.78, 5) is 12.9. The van der Waals surface area contributed by atoms with Gasteiger partial charge in [-0.05, 0) is 55.7 Å². The van der Waals surface area contributed by atoms with Gasteiger partial charge in [-0.25, -0.2) is 8.42 Å². The smallest absolute Gasteiger partial charge is 0.268 e. The van der Waals surface area contributed by atoms with Crippen molar-refractivity contribution in [2.24, 2.45) is 13.0 Å². The summed E-state index contributed by atoms with van der Waals surface area (Å²) in [5.74, 6) is 0.508. The molecule has 0 bridgehead atoms. The summed E-state index contributed by atoms with van der Waals surface area (Å²) in [6.45, 7) is 2.67. The highest BCUT2D eigenvalue weighted by Crippen LogP contribution is 2.33. The highest BCUT2D eigenvalue weighted by molar-refractivity contribution is 7.92. The summed E-state index contributed by atoms with van der Waals surface area (Å²) >= 11 is 0. The number of aromatic nitrogens is 1. The van der Waals surface area contributed by atoms with Gasteiger partial charge in [0.15, 0.2) is 0 Å². The number of fused-ring (bicyclic) bond motifs is 1. The number of hydrogen-bond donors (Lipinski definition) is 1. The fourth-order valence-corrected chi connectivity index (χ4v) is 5.82. The van der Waals surface area contributed by atoms with Crippen LogP contribution in [0, 0.1) is 5.92 Å². The van der Waals surface area contributed by atoms with E-state index in [-0.39, 0.29) is 16.8 Å². The molecule has 150 valence electrons. The molecule has 0 unspecified atom stereocenters. The van der Waals surface area contributed by atoms with E-state index in [1.54, 1.807) is 11.6 Å². The highest BCUT2D eigenvalue weighted by Gasteiger charge is 2.32. The van der Waals surface area contributed by atoms with Crippen molar-refractivity contribution in [3.8, 4) is 0 Å². The average Bonchev–Trinajstić information content (AvgIpc) is 3.28. The minimum atomic E-state index is -3.70. The molecule has 1 aliphatic carbocycles. The number of amides is 1. The van der Waals surface area contributed by atoms with Crippen molar-refractivity contribution in [2.45, 2.75) is 50.0 Å². The molecule has 1 N–H and O–H groups in total. The van der Waals surface area contributed by atoms with Gasteiger partial charge in [-0.2, -0.15) is 0 Å². The number of nitrogens with one attached hydrogen (secondary N) is 1. The van der Waals surface area contributed by atoms with Gasteiger partial charge in [0.25, 0.3) is 15.9 Å². The number of sulfonamides is 1. The molecule has 0 saturated heterocycles. The van der Waals surface area contributed by atoms with Crippen LogP contribution in [-0.2, 0) is 23.5 Å². The number of carbonyl (C=O) groups excluding carboxylic acids is 1. The molecule has 1 aromatic carbocycles. The van der Waals surface area contributed by atoms with Crippen molar-refractivity contribution >= 4 is 21.6 Å². The van der Waals surface area contributed by atoms with Crippen LogP contribution in [0.3, 0.4) is 0 Å². The molecule has 0 atom stereocenters. The molecule has 6 nitrogen and oxygen atoms in total. The lowest BCUT2D eigenvalue weighted by molar-refractivity contribution is 0.0914. The Morgan fingerprint density at radius 2 is 1.86 bits per heavy atom. The Kier molecular flexibility index (Phi) is 4.95. The minimum absolute atomic E-state index is 0.161. The lowest BCUT2D eigenvalue weighted by Crippen LogP contribution is -2.38. The van der Waals surface area contributed by atoms with Crippen LogP contribution in [0.5, 0.6) is 0 Å². The van der Waals surface area contributed by atoms with Crippen LogP contribution in [0.25, 0.3) is 0 Å². The zero-order valence-corrected chi connectivity index (χ0v) is 17.2. The molecule has 4 rings (SSSR count). The number of benzene rings is 1. The number of para-hydroxylation sites is 1. The summed E-state index contributed by atoms with van der Waals surface area (Å²) in [6.07, 6.45) is 6.43. The first-order valence-corrected chi connectivity index (χ1v) is 11.4. The maximum atomic E-state index is 13.2. The van der Waals surface area contributed by atoms with E-state index in [4.69, 9.17) is 0 Å². The summed E-state index contributed by atoms with van der Waals surface area (Å²) < 4.78 is 29.4. The normalized spacial score (nSPS) is 22.1. The topological polar surface area (TPSA) is 71.4 Å². The van der Waals surface area contributed by atoms with E-state index in [1.807, 2.05) is 24.3 Å². The summed E-state index contributed by atoms with van der Waals surface area (Å²) in [5, 5.41) is 3.08. The third-order valence-corrected chi connectivity index (χ3v) is 7.77. The first kappa shape index (κ1) is 19.1. The van der Waals surface area contributed by atoms with Gasteiger partial charge >= 0.3 is 0 Å². The van der Waals surface area contributed by atoms with Crippen molar-refractivity contribution < 1.29 is 13.2 Å². The quantitative estimate of drug-likeness (QED) is 0.856. The number of anilines is 1. The van der Waals surface area contributed by atoms with Crippen LogP contribution in [0.2, 0.25) is 0 Å². The fourth-order valence-electron chi connectivity index (χ4n) is 4.25. The fraction of sp³-hybridized carbons (Fsp3) is 0.476. The van der Waals surface area contributed by atoms with Gasteiger partial charge in [0, 0.05) is 25.8 Å². The predicted molar refractivity (Wildman–Crippen MR) is 109 cm³/mol. The van der Waals surface area contributed by atoms with E-state index in [1.165, 1.54) is 16.6 Å². The first-order chi connectivity index (χ1) is 13.4. The Hall–Kier alpha value is -2.28. The van der Waals surface area contributed by atoms with Crippen molar-refractivity contribution in [1.29, 1.82) is 0 Å². The molecular weight excluding hydrogens is 374 g/mol. The number of hydrogen-bond acceptors (Lipinski definition) is 3. The van der Waals surface area contributed by atoms with Gasteiger partial charge in [-0.1, -0.05) is 25.1 Å². The minimum Gasteiger partial charge on any atom is -0.348 e. The molecule has 2 heterocycles. The zero-order chi connectivity index (χ0) is 19.9. The molecule has 28 heavy (non-hydrogen) atoms. The monoisotopic (exact) mass is 401 g/mol. The maximum Gasteiger partial charge on any atom is 0.268 e. The summed E-state index contributed by atoms with van der Waals surface area (Å²) in [5.41, 5.74) is 2.14. The highest BCUT2D eigenvalue weighted by atomic mass is 32.2. The SMILES string of the molecule is CC1CCC(NC(=O)c2cc(S(=O)(=O)N3CCc4ccccc43)cn2C)CC1. The number of nitrogens with zero attached hydrogens (tertiary/aromatic N) is 2. The van der Waals surface area contributed by atoms with Gasteiger partial charge in [-0.15, -0.1) is 0 Å². The molecule has 1 fully saturated rings. The Morgan fingerprint density at radius 3 is 2.61 bits per heavy atom. The van der Waals surface area contributed by atoms with Crippen molar-refractivity contribution in [3.63, 3.8) is 0 Å². The molecule has 0 radical (unpaired) electrons. The molecule has 7 heteroatoms. The molecular formula is C21H27N3O3S. The van der Waals surface area contributed by atoms with Gasteiger partial charge in [-0.3, -0.25) is 9.10 Å². The third-order valence-electron chi connectivity index (χ3n) is 6.00.